The number of imide groups is 1. The zero-order valence-electron chi connectivity index (χ0n) is 15.3. The highest BCUT2D eigenvalue weighted by Gasteiger charge is 2.49. The highest BCUT2D eigenvalue weighted by molar-refractivity contribution is 6.32. The molecule has 2 aromatic carbocycles. The zero-order valence-corrected chi connectivity index (χ0v) is 16.1. The third-order valence-electron chi connectivity index (χ3n) is 4.93. The van der Waals surface area contributed by atoms with Crippen LogP contribution < -0.4 is 14.8 Å². The van der Waals surface area contributed by atoms with E-state index < -0.39 is 22.4 Å². The van der Waals surface area contributed by atoms with E-state index in [1.807, 2.05) is 0 Å². The van der Waals surface area contributed by atoms with Gasteiger partial charge in [-0.2, -0.15) is 0 Å². The molecule has 0 radical (unpaired) electrons. The summed E-state index contributed by atoms with van der Waals surface area (Å²) in [7, 11) is 0. The van der Waals surface area contributed by atoms with Gasteiger partial charge in [0.1, 0.15) is 18.8 Å². The maximum atomic E-state index is 13.1. The van der Waals surface area contributed by atoms with E-state index in [1.165, 1.54) is 24.3 Å². The molecule has 2 heterocycles. The van der Waals surface area contributed by atoms with Crippen molar-refractivity contribution >= 4 is 29.2 Å². The van der Waals surface area contributed by atoms with Gasteiger partial charge in [0.05, 0.1) is 16.5 Å². The smallest absolute Gasteiger partial charge is 0.325 e. The molecule has 1 fully saturated rings. The molecule has 150 valence electrons. The Labute approximate surface area is 170 Å². The van der Waals surface area contributed by atoms with Crippen LogP contribution in [-0.2, 0) is 16.9 Å². The molecule has 0 bridgehead atoms. The number of amides is 3. The summed E-state index contributed by atoms with van der Waals surface area (Å²) < 4.78 is 11.0. The Bertz CT molecular complexity index is 1030. The molecule has 4 rings (SSSR count). The minimum absolute atomic E-state index is 0.0103. The molecular formula is C19H16ClN3O6. The Hall–Kier alpha value is -3.33. The average Bonchev–Trinajstić information content (AvgIpc) is 2.92. The first kappa shape index (κ1) is 19.0. The Morgan fingerprint density at radius 2 is 1.90 bits per heavy atom. The second-order valence-corrected chi connectivity index (χ2v) is 7.26. The molecule has 29 heavy (non-hydrogen) atoms. The SMILES string of the molecule is CC1(c2ccc([N+](=O)[O-])cc2)NC(=O)N(Cc2cc(Cl)c3c(c2)OCCO3)C1=O. The van der Waals surface area contributed by atoms with Crippen LogP contribution in [0, 0.1) is 10.1 Å². The number of urea groups is 1. The van der Waals surface area contributed by atoms with Gasteiger partial charge in [-0.05, 0) is 42.3 Å². The van der Waals surface area contributed by atoms with Crippen molar-refractivity contribution in [1.82, 2.24) is 10.2 Å². The zero-order chi connectivity index (χ0) is 20.8. The Balaban J connectivity index is 1.60. The number of non-ortho nitro benzene ring substituents is 1. The van der Waals surface area contributed by atoms with E-state index in [0.29, 0.717) is 40.9 Å². The van der Waals surface area contributed by atoms with E-state index in [2.05, 4.69) is 5.32 Å². The number of carbonyl (C=O) groups is 2. The largest absolute Gasteiger partial charge is 0.486 e. The fraction of sp³-hybridized carbons (Fsp3) is 0.263. The normalized spacial score (nSPS) is 20.6. The Morgan fingerprint density at radius 1 is 1.21 bits per heavy atom. The average molecular weight is 418 g/mol. The summed E-state index contributed by atoms with van der Waals surface area (Å²) in [5.41, 5.74) is -0.374. The summed E-state index contributed by atoms with van der Waals surface area (Å²) >= 11 is 6.23. The molecule has 1 N–H and O–H groups in total. The van der Waals surface area contributed by atoms with Crippen LogP contribution >= 0.6 is 11.6 Å². The highest BCUT2D eigenvalue weighted by atomic mass is 35.5. The van der Waals surface area contributed by atoms with Crippen LogP contribution in [0.2, 0.25) is 5.02 Å². The first-order valence-electron chi connectivity index (χ1n) is 8.76. The van der Waals surface area contributed by atoms with Crippen LogP contribution in [0.4, 0.5) is 10.5 Å². The molecule has 9 nitrogen and oxygen atoms in total. The van der Waals surface area contributed by atoms with E-state index >= 15 is 0 Å². The molecule has 1 atom stereocenters. The number of ether oxygens (including phenoxy) is 2. The Morgan fingerprint density at radius 3 is 2.59 bits per heavy atom. The second kappa shape index (κ2) is 6.93. The molecule has 1 unspecified atom stereocenters. The number of nitrogens with one attached hydrogen (secondary N) is 1. The van der Waals surface area contributed by atoms with Crippen molar-refractivity contribution in [1.29, 1.82) is 0 Å². The van der Waals surface area contributed by atoms with Crippen LogP contribution in [-0.4, -0.2) is 35.0 Å². The van der Waals surface area contributed by atoms with Gasteiger partial charge in [0.2, 0.25) is 0 Å². The lowest BCUT2D eigenvalue weighted by Gasteiger charge is -2.23. The van der Waals surface area contributed by atoms with Crippen molar-refractivity contribution in [2.75, 3.05) is 13.2 Å². The van der Waals surface area contributed by atoms with Crippen LogP contribution in [0.5, 0.6) is 11.5 Å². The van der Waals surface area contributed by atoms with Crippen LogP contribution in [0.25, 0.3) is 0 Å². The highest BCUT2D eigenvalue weighted by Crippen LogP contribution is 2.39. The predicted octanol–water partition coefficient (Wildman–Crippen LogP) is 2.99. The number of fused-ring (bicyclic) bond motifs is 1. The van der Waals surface area contributed by atoms with E-state index in [4.69, 9.17) is 21.1 Å². The van der Waals surface area contributed by atoms with Crippen molar-refractivity contribution in [3.8, 4) is 11.5 Å². The molecule has 2 aliphatic rings. The van der Waals surface area contributed by atoms with Gasteiger partial charge in [0.25, 0.3) is 11.6 Å². The van der Waals surface area contributed by atoms with Crippen molar-refractivity contribution in [2.24, 2.45) is 0 Å². The molecule has 2 aromatic rings. The van der Waals surface area contributed by atoms with Gasteiger partial charge in [-0.15, -0.1) is 0 Å². The van der Waals surface area contributed by atoms with Crippen molar-refractivity contribution < 1.29 is 24.0 Å². The van der Waals surface area contributed by atoms with E-state index in [-0.39, 0.29) is 12.2 Å². The van der Waals surface area contributed by atoms with E-state index in [0.717, 1.165) is 4.90 Å². The maximum absolute atomic E-state index is 13.1. The summed E-state index contributed by atoms with van der Waals surface area (Å²) in [5, 5.41) is 13.9. The number of rotatable bonds is 4. The summed E-state index contributed by atoms with van der Waals surface area (Å²) in [6, 6.07) is 8.25. The van der Waals surface area contributed by atoms with Crippen LogP contribution in [0.1, 0.15) is 18.1 Å². The molecule has 0 aliphatic carbocycles. The lowest BCUT2D eigenvalue weighted by Crippen LogP contribution is -2.40. The van der Waals surface area contributed by atoms with Crippen molar-refractivity contribution in [3.05, 3.63) is 62.7 Å². The topological polar surface area (TPSA) is 111 Å². The van der Waals surface area contributed by atoms with Gasteiger partial charge in [0.15, 0.2) is 11.5 Å². The minimum atomic E-state index is -1.33. The number of carbonyl (C=O) groups excluding carboxylic acids is 2. The summed E-state index contributed by atoms with van der Waals surface area (Å²) in [6.07, 6.45) is 0. The van der Waals surface area contributed by atoms with Gasteiger partial charge < -0.3 is 14.8 Å². The number of hydrogen-bond donors (Lipinski definition) is 1. The van der Waals surface area contributed by atoms with Crippen molar-refractivity contribution in [3.63, 3.8) is 0 Å². The van der Waals surface area contributed by atoms with Crippen LogP contribution in [0.15, 0.2) is 36.4 Å². The predicted molar refractivity (Wildman–Crippen MR) is 102 cm³/mol. The summed E-state index contributed by atoms with van der Waals surface area (Å²) in [4.78, 5) is 37.0. The number of benzene rings is 2. The second-order valence-electron chi connectivity index (χ2n) is 6.85. The molecule has 0 aromatic heterocycles. The number of nitro benzene ring substituents is 1. The minimum Gasteiger partial charge on any atom is -0.486 e. The van der Waals surface area contributed by atoms with Crippen LogP contribution in [0.3, 0.4) is 0 Å². The third kappa shape index (κ3) is 3.23. The summed E-state index contributed by atoms with van der Waals surface area (Å²) in [5.74, 6) is 0.431. The molecule has 3 amide bonds. The maximum Gasteiger partial charge on any atom is 0.325 e. The Kier molecular flexibility index (Phi) is 4.54. The van der Waals surface area contributed by atoms with Gasteiger partial charge in [-0.25, -0.2) is 4.79 Å². The number of nitrogens with zero attached hydrogens (tertiary/aromatic N) is 2. The molecule has 1 saturated heterocycles. The number of nitro groups is 1. The molecule has 0 spiro atoms. The first-order chi connectivity index (χ1) is 13.8. The molecule has 2 aliphatic heterocycles. The van der Waals surface area contributed by atoms with Gasteiger partial charge in [-0.1, -0.05) is 11.6 Å². The number of halogens is 1. The monoisotopic (exact) mass is 417 g/mol. The number of hydrogen-bond acceptors (Lipinski definition) is 6. The first-order valence-corrected chi connectivity index (χ1v) is 9.14. The van der Waals surface area contributed by atoms with Crippen molar-refractivity contribution in [2.45, 2.75) is 19.0 Å². The quantitative estimate of drug-likeness (QED) is 0.465. The molecule has 0 saturated carbocycles. The lowest BCUT2D eigenvalue weighted by molar-refractivity contribution is -0.384. The van der Waals surface area contributed by atoms with Gasteiger partial charge in [0, 0.05) is 12.1 Å². The third-order valence-corrected chi connectivity index (χ3v) is 5.21. The van der Waals surface area contributed by atoms with Gasteiger partial charge in [-0.3, -0.25) is 19.8 Å². The lowest BCUT2D eigenvalue weighted by atomic mass is 9.92. The fourth-order valence-electron chi connectivity index (χ4n) is 3.39. The standard InChI is InChI=1S/C19H16ClN3O6/c1-19(12-2-4-13(5-3-12)23(26)27)17(24)22(18(25)21-19)10-11-8-14(20)16-15(9-11)28-6-7-29-16/h2-5,8-9H,6-7,10H2,1H3,(H,21,25). The molecule has 10 heteroatoms. The van der Waals surface area contributed by atoms with E-state index in [9.17, 15) is 19.7 Å². The fourth-order valence-corrected chi connectivity index (χ4v) is 3.68. The van der Waals surface area contributed by atoms with E-state index in [1.54, 1.807) is 19.1 Å². The molecular weight excluding hydrogens is 402 g/mol. The summed E-state index contributed by atoms with van der Waals surface area (Å²) in [6.45, 7) is 2.33. The van der Waals surface area contributed by atoms with Gasteiger partial charge >= 0.3 is 6.03 Å².